The average Bonchev–Trinajstić information content (AvgIpc) is 2.98. The van der Waals surface area contributed by atoms with E-state index in [4.69, 9.17) is 4.52 Å². The number of rotatable bonds is 4. The van der Waals surface area contributed by atoms with Crippen molar-refractivity contribution in [2.45, 2.75) is 45.3 Å². The zero-order chi connectivity index (χ0) is 18.2. The highest BCUT2D eigenvalue weighted by molar-refractivity contribution is 7.90. The summed E-state index contributed by atoms with van der Waals surface area (Å²) >= 11 is 0. The molecule has 140 valence electrons. The second-order valence-electron chi connectivity index (χ2n) is 7.58. The fourth-order valence-corrected chi connectivity index (χ4v) is 6.00. The Labute approximate surface area is 149 Å². The number of likely N-dealkylation sites (tertiary alicyclic amines) is 1. The molecule has 0 aliphatic carbocycles. The number of sulfonamides is 1. The van der Waals surface area contributed by atoms with E-state index in [1.807, 2.05) is 0 Å². The first-order valence-electron chi connectivity index (χ1n) is 9.00. The van der Waals surface area contributed by atoms with Gasteiger partial charge in [0, 0.05) is 32.2 Å². The van der Waals surface area contributed by atoms with E-state index < -0.39 is 10.0 Å². The second kappa shape index (κ2) is 7.07. The van der Waals surface area contributed by atoms with Crippen LogP contribution in [-0.2, 0) is 10.0 Å². The molecule has 0 spiro atoms. The number of hydrogen-bond acceptors (Lipinski definition) is 5. The average molecular weight is 369 g/mol. The summed E-state index contributed by atoms with van der Waals surface area (Å²) < 4.78 is 32.3. The lowest BCUT2D eigenvalue weighted by molar-refractivity contribution is 0.0748. The molecule has 0 N–H and O–H groups in total. The molecule has 2 saturated heterocycles. The minimum absolute atomic E-state index is 0.106. The molecule has 25 heavy (non-hydrogen) atoms. The Hall–Kier alpha value is -1.41. The molecule has 3 rings (SSSR count). The van der Waals surface area contributed by atoms with Gasteiger partial charge in [-0.05, 0) is 38.0 Å². The van der Waals surface area contributed by atoms with Crippen LogP contribution >= 0.6 is 0 Å². The molecule has 3 heterocycles. The minimum Gasteiger partial charge on any atom is -0.361 e. The van der Waals surface area contributed by atoms with Gasteiger partial charge >= 0.3 is 0 Å². The number of hydrogen-bond donors (Lipinski definition) is 0. The van der Waals surface area contributed by atoms with Crippen molar-refractivity contribution in [3.8, 4) is 0 Å². The molecule has 1 aromatic heterocycles. The Morgan fingerprint density at radius 3 is 2.72 bits per heavy atom. The van der Waals surface area contributed by atoms with Crippen LogP contribution in [0.2, 0.25) is 0 Å². The number of fused-ring (bicyclic) bond motifs is 1. The summed E-state index contributed by atoms with van der Waals surface area (Å²) in [6.45, 7) is 8.17. The fourth-order valence-electron chi connectivity index (χ4n) is 3.75. The highest BCUT2D eigenvalue weighted by Crippen LogP contribution is 2.34. The number of amides is 1. The summed E-state index contributed by atoms with van der Waals surface area (Å²) in [5, 5.41) is 3.42. The van der Waals surface area contributed by atoms with Crippen LogP contribution < -0.4 is 0 Å². The van der Waals surface area contributed by atoms with Gasteiger partial charge in [-0.1, -0.05) is 19.0 Å². The molecular weight excluding hydrogens is 342 g/mol. The third-order valence-corrected chi connectivity index (χ3v) is 7.69. The predicted octanol–water partition coefficient (Wildman–Crippen LogP) is 1.90. The smallest absolute Gasteiger partial charge is 0.276 e. The zero-order valence-corrected chi connectivity index (χ0v) is 16.0. The van der Waals surface area contributed by atoms with Crippen molar-refractivity contribution < 1.29 is 17.7 Å². The second-order valence-corrected chi connectivity index (χ2v) is 9.73. The van der Waals surface area contributed by atoms with Gasteiger partial charge in [0.1, 0.15) is 5.76 Å². The lowest BCUT2D eigenvalue weighted by atomic mass is 10.0. The zero-order valence-electron chi connectivity index (χ0n) is 15.1. The van der Waals surface area contributed by atoms with Gasteiger partial charge < -0.3 is 9.42 Å². The van der Waals surface area contributed by atoms with Crippen molar-refractivity contribution in [1.82, 2.24) is 14.4 Å². The largest absolute Gasteiger partial charge is 0.361 e. The van der Waals surface area contributed by atoms with Gasteiger partial charge in [-0.25, -0.2) is 12.7 Å². The van der Waals surface area contributed by atoms with Gasteiger partial charge in [0.2, 0.25) is 10.0 Å². The maximum Gasteiger partial charge on any atom is 0.276 e. The van der Waals surface area contributed by atoms with Crippen LogP contribution in [0.4, 0.5) is 0 Å². The van der Waals surface area contributed by atoms with Crippen LogP contribution in [0.3, 0.4) is 0 Å². The van der Waals surface area contributed by atoms with E-state index in [0.29, 0.717) is 56.4 Å². The number of nitrogens with zero attached hydrogens (tertiary/aromatic N) is 3. The maximum absolute atomic E-state index is 12.8. The SMILES string of the molecule is Cc1cc(C(=O)N2CC[C@@H]3CN(CCC(C)C)S(=O)(=O)[C@@H]3CC2)no1. The van der Waals surface area contributed by atoms with E-state index in [1.54, 1.807) is 22.2 Å². The quantitative estimate of drug-likeness (QED) is 0.809. The van der Waals surface area contributed by atoms with Crippen molar-refractivity contribution in [2.75, 3.05) is 26.2 Å². The maximum atomic E-state index is 12.8. The van der Waals surface area contributed by atoms with Crippen molar-refractivity contribution in [3.63, 3.8) is 0 Å². The van der Waals surface area contributed by atoms with Crippen molar-refractivity contribution in [1.29, 1.82) is 0 Å². The molecule has 0 aromatic carbocycles. The lowest BCUT2D eigenvalue weighted by Crippen LogP contribution is -2.35. The van der Waals surface area contributed by atoms with E-state index in [2.05, 4.69) is 19.0 Å². The van der Waals surface area contributed by atoms with Gasteiger partial charge in [0.25, 0.3) is 5.91 Å². The Bertz CT molecular complexity index is 728. The van der Waals surface area contributed by atoms with Crippen molar-refractivity contribution in [2.24, 2.45) is 11.8 Å². The highest BCUT2D eigenvalue weighted by Gasteiger charge is 2.47. The first-order chi connectivity index (χ1) is 11.8. The van der Waals surface area contributed by atoms with Crippen LogP contribution in [0.5, 0.6) is 0 Å². The Morgan fingerprint density at radius 2 is 2.08 bits per heavy atom. The van der Waals surface area contributed by atoms with Gasteiger partial charge in [-0.2, -0.15) is 0 Å². The summed E-state index contributed by atoms with van der Waals surface area (Å²) in [6.07, 6.45) is 2.09. The lowest BCUT2D eigenvalue weighted by Gasteiger charge is -2.21. The number of carbonyl (C=O) groups excluding carboxylic acids is 1. The third-order valence-electron chi connectivity index (χ3n) is 5.25. The van der Waals surface area contributed by atoms with Crippen LogP contribution in [0.25, 0.3) is 0 Å². The Morgan fingerprint density at radius 1 is 1.36 bits per heavy atom. The van der Waals surface area contributed by atoms with Gasteiger partial charge in [0.15, 0.2) is 5.69 Å². The molecule has 2 aliphatic rings. The summed E-state index contributed by atoms with van der Waals surface area (Å²) in [6, 6.07) is 1.62. The van der Waals surface area contributed by atoms with E-state index >= 15 is 0 Å². The molecule has 1 amide bonds. The molecule has 2 aliphatic heterocycles. The molecule has 0 bridgehead atoms. The Balaban J connectivity index is 1.67. The molecule has 8 heteroatoms. The van der Waals surface area contributed by atoms with E-state index in [-0.39, 0.29) is 17.1 Å². The topological polar surface area (TPSA) is 83.7 Å². The first-order valence-corrected chi connectivity index (χ1v) is 10.5. The summed E-state index contributed by atoms with van der Waals surface area (Å²) in [5.74, 6) is 1.01. The fraction of sp³-hybridized carbons (Fsp3) is 0.765. The van der Waals surface area contributed by atoms with Crippen LogP contribution in [0.1, 0.15) is 49.4 Å². The third kappa shape index (κ3) is 3.74. The molecule has 2 fully saturated rings. The molecule has 0 radical (unpaired) electrons. The van der Waals surface area contributed by atoms with Crippen molar-refractivity contribution >= 4 is 15.9 Å². The van der Waals surface area contributed by atoms with E-state index in [1.165, 1.54) is 0 Å². The molecule has 0 saturated carbocycles. The molecule has 2 atom stereocenters. The van der Waals surface area contributed by atoms with Gasteiger partial charge in [-0.3, -0.25) is 4.79 Å². The molecular formula is C17H27N3O4S. The van der Waals surface area contributed by atoms with E-state index in [0.717, 1.165) is 6.42 Å². The van der Waals surface area contributed by atoms with Crippen LogP contribution in [0, 0.1) is 18.8 Å². The monoisotopic (exact) mass is 369 g/mol. The molecule has 1 aromatic rings. The summed E-state index contributed by atoms with van der Waals surface area (Å²) in [4.78, 5) is 14.2. The normalized spacial score (nSPS) is 26.6. The highest BCUT2D eigenvalue weighted by atomic mass is 32.2. The molecule has 7 nitrogen and oxygen atoms in total. The number of aromatic nitrogens is 1. The van der Waals surface area contributed by atoms with Gasteiger partial charge in [-0.15, -0.1) is 0 Å². The minimum atomic E-state index is -3.26. The van der Waals surface area contributed by atoms with Crippen LogP contribution in [-0.4, -0.2) is 60.1 Å². The van der Waals surface area contributed by atoms with Crippen molar-refractivity contribution in [3.05, 3.63) is 17.5 Å². The number of aryl methyl sites for hydroxylation is 1. The molecule has 0 unspecified atom stereocenters. The van der Waals surface area contributed by atoms with Gasteiger partial charge in [0.05, 0.1) is 5.25 Å². The van der Waals surface area contributed by atoms with Crippen LogP contribution in [0.15, 0.2) is 10.6 Å². The predicted molar refractivity (Wildman–Crippen MR) is 93.6 cm³/mol. The van der Waals surface area contributed by atoms with E-state index in [9.17, 15) is 13.2 Å². The number of carbonyl (C=O) groups is 1. The summed E-state index contributed by atoms with van der Waals surface area (Å²) in [7, 11) is -3.26. The standard InChI is InChI=1S/C17H27N3O4S/c1-12(2)4-9-20-11-14-5-7-19(8-6-16(14)25(20,22)23)17(21)15-10-13(3)24-18-15/h10,12,14,16H,4-9,11H2,1-3H3/t14-,16-/m1/s1. The summed E-state index contributed by atoms with van der Waals surface area (Å²) in [5.41, 5.74) is 0.297. The Kier molecular flexibility index (Phi) is 5.20. The first kappa shape index (κ1) is 18.4.